The van der Waals surface area contributed by atoms with Crippen LogP contribution in [0.5, 0.6) is 0 Å². The van der Waals surface area contributed by atoms with Crippen LogP contribution >= 0.6 is 0 Å². The molecule has 0 aromatic heterocycles. The minimum Gasteiger partial charge on any atom is -0.380 e. The summed E-state index contributed by atoms with van der Waals surface area (Å²) in [5, 5.41) is 6.76. The number of hydrogen-bond acceptors (Lipinski definition) is 3. The molecule has 0 saturated heterocycles. The normalized spacial score (nSPS) is 16.5. The van der Waals surface area contributed by atoms with Gasteiger partial charge in [0.1, 0.15) is 0 Å². The first-order chi connectivity index (χ1) is 11.8. The number of ether oxygens (including phenoxy) is 1. The van der Waals surface area contributed by atoms with Crippen molar-refractivity contribution >= 4 is 5.96 Å². The summed E-state index contributed by atoms with van der Waals surface area (Å²) in [6.45, 7) is 9.60. The summed E-state index contributed by atoms with van der Waals surface area (Å²) in [5.74, 6) is 0.852. The van der Waals surface area contributed by atoms with E-state index in [0.29, 0.717) is 12.6 Å². The van der Waals surface area contributed by atoms with Gasteiger partial charge in [-0.25, -0.2) is 0 Å². The predicted molar refractivity (Wildman–Crippen MR) is 100 cm³/mol. The van der Waals surface area contributed by atoms with Gasteiger partial charge in [-0.3, -0.25) is 9.89 Å². The molecular formula is C19H32N4O. The minimum atomic E-state index is 0.517. The lowest BCUT2D eigenvalue weighted by Crippen LogP contribution is -2.48. The summed E-state index contributed by atoms with van der Waals surface area (Å²) in [7, 11) is 1.81. The summed E-state index contributed by atoms with van der Waals surface area (Å²) < 4.78 is 5.35. The van der Waals surface area contributed by atoms with Gasteiger partial charge in [0.2, 0.25) is 0 Å². The van der Waals surface area contributed by atoms with Crippen LogP contribution in [0.1, 0.15) is 31.4 Å². The lowest BCUT2D eigenvalue weighted by molar-refractivity contribution is 0.152. The molecule has 1 heterocycles. The number of nitrogens with zero attached hydrogens (tertiary/aromatic N) is 2. The fourth-order valence-electron chi connectivity index (χ4n) is 3.18. The van der Waals surface area contributed by atoms with Gasteiger partial charge in [-0.15, -0.1) is 0 Å². The second-order valence-electron chi connectivity index (χ2n) is 6.13. The lowest BCUT2D eigenvalue weighted by atomic mass is 9.98. The van der Waals surface area contributed by atoms with E-state index in [9.17, 15) is 0 Å². The van der Waals surface area contributed by atoms with E-state index in [1.807, 2.05) is 14.0 Å². The van der Waals surface area contributed by atoms with E-state index in [0.717, 1.165) is 51.6 Å². The van der Waals surface area contributed by atoms with Crippen molar-refractivity contribution in [1.29, 1.82) is 0 Å². The van der Waals surface area contributed by atoms with E-state index >= 15 is 0 Å². The molecule has 5 heteroatoms. The third-order valence-electron chi connectivity index (χ3n) is 4.62. The molecule has 0 amide bonds. The van der Waals surface area contributed by atoms with Crippen LogP contribution in [-0.2, 0) is 17.7 Å². The molecule has 0 saturated carbocycles. The smallest absolute Gasteiger partial charge is 0.191 e. The maximum absolute atomic E-state index is 5.35. The van der Waals surface area contributed by atoms with Crippen molar-refractivity contribution < 1.29 is 4.74 Å². The molecule has 1 aromatic carbocycles. The summed E-state index contributed by atoms with van der Waals surface area (Å²) in [5.41, 5.74) is 2.98. The molecular weight excluding hydrogens is 300 g/mol. The molecule has 2 N–H and O–H groups in total. The Morgan fingerprint density at radius 2 is 2.04 bits per heavy atom. The average Bonchev–Trinajstić information content (AvgIpc) is 2.63. The molecule has 0 spiro atoms. The van der Waals surface area contributed by atoms with Gasteiger partial charge in [-0.05, 0) is 30.9 Å². The van der Waals surface area contributed by atoms with Crippen molar-refractivity contribution in [1.82, 2.24) is 15.5 Å². The van der Waals surface area contributed by atoms with Crippen molar-refractivity contribution in [2.45, 2.75) is 39.3 Å². The predicted octanol–water partition coefficient (Wildman–Crippen LogP) is 2.02. The molecule has 1 aliphatic heterocycles. The fourth-order valence-corrected chi connectivity index (χ4v) is 3.18. The minimum absolute atomic E-state index is 0.517. The number of guanidine groups is 1. The van der Waals surface area contributed by atoms with Crippen LogP contribution in [0.4, 0.5) is 0 Å². The third kappa shape index (κ3) is 5.49. The Morgan fingerprint density at radius 1 is 1.25 bits per heavy atom. The van der Waals surface area contributed by atoms with Crippen LogP contribution in [0.15, 0.2) is 29.3 Å². The molecule has 2 rings (SSSR count). The van der Waals surface area contributed by atoms with Crippen LogP contribution < -0.4 is 10.6 Å². The molecule has 0 fully saturated rings. The third-order valence-corrected chi connectivity index (χ3v) is 4.62. The Morgan fingerprint density at radius 3 is 2.75 bits per heavy atom. The molecule has 0 bridgehead atoms. The summed E-state index contributed by atoms with van der Waals surface area (Å²) in [6, 6.07) is 9.33. The second kappa shape index (κ2) is 10.3. The monoisotopic (exact) mass is 332 g/mol. The van der Waals surface area contributed by atoms with Gasteiger partial charge >= 0.3 is 0 Å². The maximum Gasteiger partial charge on any atom is 0.191 e. The molecule has 1 aromatic rings. The molecule has 1 unspecified atom stereocenters. The van der Waals surface area contributed by atoms with E-state index in [4.69, 9.17) is 4.74 Å². The van der Waals surface area contributed by atoms with E-state index in [1.165, 1.54) is 11.1 Å². The quantitative estimate of drug-likeness (QED) is 0.434. The van der Waals surface area contributed by atoms with Gasteiger partial charge in [0.15, 0.2) is 5.96 Å². The Hall–Kier alpha value is -1.59. The Labute approximate surface area is 146 Å². The van der Waals surface area contributed by atoms with E-state index in [1.54, 1.807) is 0 Å². The van der Waals surface area contributed by atoms with Crippen LogP contribution in [0, 0.1) is 0 Å². The number of aliphatic imine (C=N–C) groups is 1. The zero-order valence-corrected chi connectivity index (χ0v) is 15.3. The summed E-state index contributed by atoms with van der Waals surface area (Å²) >= 11 is 0. The van der Waals surface area contributed by atoms with Gasteiger partial charge in [0, 0.05) is 45.9 Å². The number of nitrogens with one attached hydrogen (secondary N) is 2. The zero-order valence-electron chi connectivity index (χ0n) is 15.3. The lowest BCUT2D eigenvalue weighted by Gasteiger charge is -2.35. The van der Waals surface area contributed by atoms with E-state index in [-0.39, 0.29) is 0 Å². The number of benzene rings is 1. The standard InChI is InChI=1S/C19H32N4O/c1-4-18(14-22-19(20-3)21-11-13-24-5-2)23-12-10-16-8-6-7-9-17(16)15-23/h6-9,18H,4-5,10-15H2,1-3H3,(H2,20,21,22). The van der Waals surface area contributed by atoms with Crippen molar-refractivity contribution in [3.8, 4) is 0 Å². The van der Waals surface area contributed by atoms with Gasteiger partial charge in [0.05, 0.1) is 6.61 Å². The first-order valence-corrected chi connectivity index (χ1v) is 9.11. The van der Waals surface area contributed by atoms with E-state index < -0.39 is 0 Å². The van der Waals surface area contributed by atoms with Crippen molar-refractivity contribution in [2.24, 2.45) is 4.99 Å². The molecule has 134 valence electrons. The Balaban J connectivity index is 1.81. The van der Waals surface area contributed by atoms with Gasteiger partial charge in [-0.2, -0.15) is 0 Å². The van der Waals surface area contributed by atoms with Crippen molar-refractivity contribution in [3.63, 3.8) is 0 Å². The van der Waals surface area contributed by atoms with Crippen LogP contribution in [0.25, 0.3) is 0 Å². The van der Waals surface area contributed by atoms with Gasteiger partial charge < -0.3 is 15.4 Å². The highest BCUT2D eigenvalue weighted by Crippen LogP contribution is 2.21. The maximum atomic E-state index is 5.35. The topological polar surface area (TPSA) is 48.9 Å². The molecule has 24 heavy (non-hydrogen) atoms. The van der Waals surface area contributed by atoms with Gasteiger partial charge in [-0.1, -0.05) is 31.2 Å². The van der Waals surface area contributed by atoms with Crippen molar-refractivity contribution in [2.75, 3.05) is 39.9 Å². The molecule has 0 aliphatic carbocycles. The number of rotatable bonds is 8. The zero-order chi connectivity index (χ0) is 17.2. The first-order valence-electron chi connectivity index (χ1n) is 9.11. The summed E-state index contributed by atoms with van der Waals surface area (Å²) in [4.78, 5) is 6.88. The molecule has 0 radical (unpaired) electrons. The first kappa shape index (κ1) is 18.7. The summed E-state index contributed by atoms with van der Waals surface area (Å²) in [6.07, 6.45) is 2.28. The number of hydrogen-bond donors (Lipinski definition) is 2. The SMILES string of the molecule is CCOCCNC(=NC)NCC(CC)N1CCc2ccccc2C1. The highest BCUT2D eigenvalue weighted by atomic mass is 16.5. The van der Waals surface area contributed by atoms with Gasteiger partial charge in [0.25, 0.3) is 0 Å². The largest absolute Gasteiger partial charge is 0.380 e. The highest BCUT2D eigenvalue weighted by molar-refractivity contribution is 5.79. The molecule has 1 aliphatic rings. The van der Waals surface area contributed by atoms with Crippen LogP contribution in [0.3, 0.4) is 0 Å². The van der Waals surface area contributed by atoms with Crippen molar-refractivity contribution in [3.05, 3.63) is 35.4 Å². The average molecular weight is 332 g/mol. The molecule has 5 nitrogen and oxygen atoms in total. The molecule has 1 atom stereocenters. The Kier molecular flexibility index (Phi) is 8.05. The van der Waals surface area contributed by atoms with Crippen LogP contribution in [0.2, 0.25) is 0 Å². The Bertz CT molecular complexity index is 518. The fraction of sp³-hybridized carbons (Fsp3) is 0.632. The number of fused-ring (bicyclic) bond motifs is 1. The highest BCUT2D eigenvalue weighted by Gasteiger charge is 2.22. The van der Waals surface area contributed by atoms with E-state index in [2.05, 4.69) is 51.7 Å². The second-order valence-corrected chi connectivity index (χ2v) is 6.13. The van der Waals surface area contributed by atoms with Crippen LogP contribution in [-0.4, -0.2) is 56.8 Å².